The number of aromatic nitrogens is 2. The van der Waals surface area contributed by atoms with Crippen LogP contribution in [0, 0.1) is 6.92 Å². The van der Waals surface area contributed by atoms with Gasteiger partial charge in [0, 0.05) is 23.5 Å². The molecule has 2 N–H and O–H groups in total. The molecule has 1 aliphatic heterocycles. The van der Waals surface area contributed by atoms with E-state index in [0.717, 1.165) is 29.1 Å². The summed E-state index contributed by atoms with van der Waals surface area (Å²) in [5.74, 6) is 1.03. The molecular formula is C11H14N4S. The van der Waals surface area contributed by atoms with Gasteiger partial charge in [0.2, 0.25) is 0 Å². The Morgan fingerprint density at radius 3 is 2.88 bits per heavy atom. The zero-order valence-electron chi connectivity index (χ0n) is 9.40. The van der Waals surface area contributed by atoms with Crippen LogP contribution in [-0.2, 0) is 0 Å². The first-order valence-electron chi connectivity index (χ1n) is 5.30. The van der Waals surface area contributed by atoms with E-state index in [1.807, 2.05) is 0 Å². The Morgan fingerprint density at radius 1 is 1.44 bits per heavy atom. The van der Waals surface area contributed by atoms with Gasteiger partial charge >= 0.3 is 0 Å². The molecule has 2 aromatic rings. The highest BCUT2D eigenvalue weighted by Gasteiger charge is 2.36. The summed E-state index contributed by atoms with van der Waals surface area (Å²) in [6.45, 7) is 5.90. The third-order valence-corrected chi connectivity index (χ3v) is 3.79. The molecule has 0 amide bonds. The van der Waals surface area contributed by atoms with Gasteiger partial charge in [-0.15, -0.1) is 11.3 Å². The Labute approximate surface area is 98.1 Å². The lowest BCUT2D eigenvalue weighted by Crippen LogP contribution is -2.65. The highest BCUT2D eigenvalue weighted by Crippen LogP contribution is 2.33. The molecule has 0 bridgehead atoms. The molecule has 0 unspecified atom stereocenters. The van der Waals surface area contributed by atoms with Crippen molar-refractivity contribution in [2.75, 3.05) is 18.0 Å². The number of anilines is 1. The van der Waals surface area contributed by atoms with Gasteiger partial charge in [0.05, 0.1) is 5.39 Å². The summed E-state index contributed by atoms with van der Waals surface area (Å²) in [7, 11) is 0. The standard InChI is InChI=1S/C11H14N4S/c1-7-3-8-9(13-6-14-10(8)16-7)15-4-11(2,12)5-15/h3,6H,4-5,12H2,1-2H3. The number of nitrogens with zero attached hydrogens (tertiary/aromatic N) is 3. The van der Waals surface area contributed by atoms with Crippen molar-refractivity contribution in [2.24, 2.45) is 5.73 Å². The van der Waals surface area contributed by atoms with Crippen LogP contribution in [-0.4, -0.2) is 28.6 Å². The molecule has 1 fully saturated rings. The molecule has 2 aromatic heterocycles. The van der Waals surface area contributed by atoms with Crippen molar-refractivity contribution in [3.8, 4) is 0 Å². The molecule has 3 heterocycles. The van der Waals surface area contributed by atoms with Crippen molar-refractivity contribution >= 4 is 27.4 Å². The van der Waals surface area contributed by atoms with Gasteiger partial charge in [-0.25, -0.2) is 9.97 Å². The number of hydrogen-bond acceptors (Lipinski definition) is 5. The molecular weight excluding hydrogens is 220 g/mol. The maximum atomic E-state index is 6.02. The Hall–Kier alpha value is -1.20. The second-order valence-corrected chi connectivity index (χ2v) is 6.02. The van der Waals surface area contributed by atoms with Gasteiger partial charge in [0.15, 0.2) is 0 Å². The molecule has 0 spiro atoms. The SMILES string of the molecule is Cc1cc2c(N3CC(C)(N)C3)ncnc2s1. The normalized spacial score (nSPS) is 18.8. The summed E-state index contributed by atoms with van der Waals surface area (Å²) in [6, 6.07) is 2.15. The lowest BCUT2D eigenvalue weighted by atomic mass is 9.94. The van der Waals surface area contributed by atoms with Crippen LogP contribution in [0.5, 0.6) is 0 Å². The average Bonchev–Trinajstić information content (AvgIpc) is 2.53. The molecule has 0 aliphatic carbocycles. The van der Waals surface area contributed by atoms with Gasteiger partial charge in [-0.05, 0) is 19.9 Å². The van der Waals surface area contributed by atoms with E-state index in [9.17, 15) is 0 Å². The Morgan fingerprint density at radius 2 is 2.19 bits per heavy atom. The van der Waals surface area contributed by atoms with Crippen LogP contribution in [0.4, 0.5) is 5.82 Å². The van der Waals surface area contributed by atoms with E-state index in [-0.39, 0.29) is 5.54 Å². The van der Waals surface area contributed by atoms with Crippen LogP contribution in [0.1, 0.15) is 11.8 Å². The first kappa shape index (κ1) is 9.99. The van der Waals surface area contributed by atoms with Crippen LogP contribution in [0.3, 0.4) is 0 Å². The molecule has 0 radical (unpaired) electrons. The summed E-state index contributed by atoms with van der Waals surface area (Å²) in [5.41, 5.74) is 5.95. The van der Waals surface area contributed by atoms with Crippen LogP contribution < -0.4 is 10.6 Å². The number of hydrogen-bond donors (Lipinski definition) is 1. The maximum Gasteiger partial charge on any atom is 0.140 e. The Balaban J connectivity index is 2.04. The zero-order chi connectivity index (χ0) is 11.3. The maximum absolute atomic E-state index is 6.02. The Bertz CT molecular complexity index is 538. The summed E-state index contributed by atoms with van der Waals surface area (Å²) < 4.78 is 0. The van der Waals surface area contributed by atoms with Crippen molar-refractivity contribution in [2.45, 2.75) is 19.4 Å². The van der Waals surface area contributed by atoms with Gasteiger partial charge in [-0.2, -0.15) is 0 Å². The summed E-state index contributed by atoms with van der Waals surface area (Å²) in [6.07, 6.45) is 1.64. The van der Waals surface area contributed by atoms with E-state index in [0.29, 0.717) is 0 Å². The minimum Gasteiger partial charge on any atom is -0.352 e. The van der Waals surface area contributed by atoms with E-state index < -0.39 is 0 Å². The predicted molar refractivity (Wildman–Crippen MR) is 67.0 cm³/mol. The third kappa shape index (κ3) is 1.47. The van der Waals surface area contributed by atoms with Crippen molar-refractivity contribution in [1.82, 2.24) is 9.97 Å². The first-order chi connectivity index (χ1) is 7.55. The Kier molecular flexibility index (Phi) is 1.96. The second kappa shape index (κ2) is 3.15. The largest absolute Gasteiger partial charge is 0.352 e. The predicted octanol–water partition coefficient (Wildman–Crippen LogP) is 1.54. The van der Waals surface area contributed by atoms with Crippen LogP contribution in [0.25, 0.3) is 10.2 Å². The minimum atomic E-state index is -0.0671. The number of aryl methyl sites for hydroxylation is 1. The quantitative estimate of drug-likeness (QED) is 0.813. The van der Waals surface area contributed by atoms with E-state index in [1.165, 1.54) is 4.88 Å². The molecule has 1 saturated heterocycles. The zero-order valence-corrected chi connectivity index (χ0v) is 10.2. The number of rotatable bonds is 1. The average molecular weight is 234 g/mol. The van der Waals surface area contributed by atoms with E-state index in [1.54, 1.807) is 17.7 Å². The van der Waals surface area contributed by atoms with Gasteiger partial charge in [0.1, 0.15) is 17.0 Å². The molecule has 0 saturated carbocycles. The van der Waals surface area contributed by atoms with Gasteiger partial charge < -0.3 is 10.6 Å². The summed E-state index contributed by atoms with van der Waals surface area (Å²) in [5, 5.41) is 1.15. The molecule has 0 atom stereocenters. The first-order valence-corrected chi connectivity index (χ1v) is 6.12. The molecule has 16 heavy (non-hydrogen) atoms. The van der Waals surface area contributed by atoms with Crippen LogP contribution in [0.2, 0.25) is 0 Å². The molecule has 3 rings (SSSR count). The van der Waals surface area contributed by atoms with Crippen molar-refractivity contribution < 1.29 is 0 Å². The fraction of sp³-hybridized carbons (Fsp3) is 0.455. The lowest BCUT2D eigenvalue weighted by molar-refractivity contribution is 0.363. The van der Waals surface area contributed by atoms with E-state index >= 15 is 0 Å². The molecule has 1 aliphatic rings. The number of thiophene rings is 1. The smallest absolute Gasteiger partial charge is 0.140 e. The highest BCUT2D eigenvalue weighted by atomic mass is 32.1. The number of nitrogens with two attached hydrogens (primary N) is 1. The summed E-state index contributed by atoms with van der Waals surface area (Å²) in [4.78, 5) is 13.2. The van der Waals surface area contributed by atoms with E-state index in [4.69, 9.17) is 5.73 Å². The number of fused-ring (bicyclic) bond motifs is 1. The van der Waals surface area contributed by atoms with Crippen molar-refractivity contribution in [3.63, 3.8) is 0 Å². The van der Waals surface area contributed by atoms with Gasteiger partial charge in [-0.1, -0.05) is 0 Å². The minimum absolute atomic E-state index is 0.0671. The van der Waals surface area contributed by atoms with Gasteiger partial charge in [-0.3, -0.25) is 0 Å². The van der Waals surface area contributed by atoms with E-state index in [2.05, 4.69) is 34.8 Å². The third-order valence-electron chi connectivity index (χ3n) is 2.84. The second-order valence-electron chi connectivity index (χ2n) is 4.78. The highest BCUT2D eigenvalue weighted by molar-refractivity contribution is 7.18. The molecule has 84 valence electrons. The fourth-order valence-corrected chi connectivity index (χ4v) is 3.03. The van der Waals surface area contributed by atoms with Crippen molar-refractivity contribution in [1.29, 1.82) is 0 Å². The topological polar surface area (TPSA) is 55.0 Å². The lowest BCUT2D eigenvalue weighted by Gasteiger charge is -2.46. The monoisotopic (exact) mass is 234 g/mol. The molecule has 0 aromatic carbocycles. The molecule has 4 nitrogen and oxygen atoms in total. The molecule has 5 heteroatoms. The van der Waals surface area contributed by atoms with Gasteiger partial charge in [0.25, 0.3) is 0 Å². The fourth-order valence-electron chi connectivity index (χ4n) is 2.19. The van der Waals surface area contributed by atoms with Crippen LogP contribution >= 0.6 is 11.3 Å². The van der Waals surface area contributed by atoms with Crippen molar-refractivity contribution in [3.05, 3.63) is 17.3 Å². The van der Waals surface area contributed by atoms with Crippen LogP contribution in [0.15, 0.2) is 12.4 Å². The summed E-state index contributed by atoms with van der Waals surface area (Å²) >= 11 is 1.71.